The number of hydrogen-bond donors (Lipinski definition) is 0. The Morgan fingerprint density at radius 2 is 2.14 bits per heavy atom. The van der Waals surface area contributed by atoms with Gasteiger partial charge in [0.2, 0.25) is 0 Å². The van der Waals surface area contributed by atoms with Crippen molar-refractivity contribution >= 4 is 40.2 Å². The summed E-state index contributed by atoms with van der Waals surface area (Å²) in [5.74, 6) is 0.651. The lowest BCUT2D eigenvalue weighted by Gasteiger charge is -2.24. The van der Waals surface area contributed by atoms with E-state index in [4.69, 9.17) is 21.1 Å². The maximum atomic E-state index is 13.1. The van der Waals surface area contributed by atoms with Crippen LogP contribution < -0.4 is 4.74 Å². The molecule has 0 bridgehead atoms. The summed E-state index contributed by atoms with van der Waals surface area (Å²) in [6, 6.07) is 11.2. The smallest absolute Gasteiger partial charge is 0.273 e. The number of aromatic nitrogens is 1. The summed E-state index contributed by atoms with van der Waals surface area (Å²) in [6.45, 7) is 2.25. The molecule has 29 heavy (non-hydrogen) atoms. The van der Waals surface area contributed by atoms with Crippen LogP contribution in [0.25, 0.3) is 0 Å². The number of rotatable bonds is 8. The van der Waals surface area contributed by atoms with E-state index in [1.54, 1.807) is 28.8 Å². The van der Waals surface area contributed by atoms with Gasteiger partial charge >= 0.3 is 0 Å². The van der Waals surface area contributed by atoms with Gasteiger partial charge in [-0.25, -0.2) is 4.98 Å². The minimum Gasteiger partial charge on any atom is -0.486 e. The summed E-state index contributed by atoms with van der Waals surface area (Å²) >= 11 is 8.97. The minimum atomic E-state index is -0.0668. The van der Waals surface area contributed by atoms with E-state index < -0.39 is 0 Å². The van der Waals surface area contributed by atoms with E-state index in [1.807, 2.05) is 34.5 Å². The van der Waals surface area contributed by atoms with Crippen LogP contribution in [0.5, 0.6) is 5.75 Å². The van der Waals surface area contributed by atoms with Crippen molar-refractivity contribution in [2.24, 2.45) is 0 Å². The molecule has 1 unspecified atom stereocenters. The summed E-state index contributed by atoms with van der Waals surface area (Å²) in [7, 11) is 0. The molecule has 0 saturated carbocycles. The molecule has 3 heterocycles. The average molecular weight is 449 g/mol. The van der Waals surface area contributed by atoms with E-state index in [9.17, 15) is 4.79 Å². The van der Waals surface area contributed by atoms with Crippen molar-refractivity contribution in [3.8, 4) is 5.75 Å². The van der Waals surface area contributed by atoms with Crippen molar-refractivity contribution in [1.82, 2.24) is 9.88 Å². The molecule has 0 radical (unpaired) electrons. The number of halogens is 1. The Morgan fingerprint density at radius 3 is 2.86 bits per heavy atom. The van der Waals surface area contributed by atoms with Crippen LogP contribution in [0.2, 0.25) is 5.02 Å². The highest BCUT2D eigenvalue weighted by Crippen LogP contribution is 2.21. The molecule has 1 amide bonds. The number of thiazole rings is 1. The quantitative estimate of drug-likeness (QED) is 0.471. The summed E-state index contributed by atoms with van der Waals surface area (Å²) in [5.41, 5.74) is 0.458. The van der Waals surface area contributed by atoms with Gasteiger partial charge in [-0.1, -0.05) is 17.7 Å². The third-order valence-electron chi connectivity index (χ3n) is 4.61. The van der Waals surface area contributed by atoms with Crippen LogP contribution in [0.4, 0.5) is 0 Å². The summed E-state index contributed by atoms with van der Waals surface area (Å²) in [4.78, 5) is 20.7. The minimum absolute atomic E-state index is 0.0668. The monoisotopic (exact) mass is 448 g/mol. The fourth-order valence-corrected chi connectivity index (χ4v) is 4.68. The second kappa shape index (κ2) is 9.71. The van der Waals surface area contributed by atoms with E-state index in [1.165, 1.54) is 11.3 Å². The standard InChI is InChI=1S/C21H21ClN2O3S2/c22-15-5-7-16(8-6-15)27-13-20-23-19(14-29-20)21(25)24(11-17-3-1-9-26-17)12-18-4-2-10-28-18/h2,4-8,10,14,17H,1,3,9,11-13H2. The first-order chi connectivity index (χ1) is 14.2. The highest BCUT2D eigenvalue weighted by atomic mass is 35.5. The Hall–Kier alpha value is -1.93. The molecule has 0 N–H and O–H groups in total. The van der Waals surface area contributed by atoms with Crippen LogP contribution in [0.3, 0.4) is 0 Å². The lowest BCUT2D eigenvalue weighted by Crippen LogP contribution is -2.37. The third kappa shape index (κ3) is 5.57. The van der Waals surface area contributed by atoms with Crippen LogP contribution in [-0.2, 0) is 17.9 Å². The second-order valence-electron chi connectivity index (χ2n) is 6.77. The zero-order chi connectivity index (χ0) is 20.1. The molecule has 0 aliphatic carbocycles. The first-order valence-corrected chi connectivity index (χ1v) is 11.6. The molecule has 1 aliphatic heterocycles. The molecule has 5 nitrogen and oxygen atoms in total. The molecule has 2 aromatic heterocycles. The predicted octanol–water partition coefficient (Wildman–Crippen LogP) is 5.26. The third-order valence-corrected chi connectivity index (χ3v) is 6.54. The highest BCUT2D eigenvalue weighted by Gasteiger charge is 2.25. The number of ether oxygens (including phenoxy) is 2. The predicted molar refractivity (Wildman–Crippen MR) is 116 cm³/mol. The van der Waals surface area contributed by atoms with Gasteiger partial charge in [0.25, 0.3) is 5.91 Å². The van der Waals surface area contributed by atoms with Gasteiger partial charge in [-0.2, -0.15) is 0 Å². The van der Waals surface area contributed by atoms with Crippen LogP contribution in [-0.4, -0.2) is 35.0 Å². The first kappa shape index (κ1) is 20.3. The Bertz CT molecular complexity index is 922. The molecular formula is C21H21ClN2O3S2. The number of carbonyl (C=O) groups is 1. The van der Waals surface area contributed by atoms with E-state index in [0.717, 1.165) is 35.1 Å². The molecule has 0 spiro atoms. The maximum absolute atomic E-state index is 13.1. The normalized spacial score (nSPS) is 16.1. The SMILES string of the molecule is O=C(c1csc(COc2ccc(Cl)cc2)n1)N(Cc1cccs1)CC1CCCO1. The van der Waals surface area contributed by atoms with Gasteiger partial charge in [0.15, 0.2) is 0 Å². The largest absolute Gasteiger partial charge is 0.486 e. The van der Waals surface area contributed by atoms with Crippen LogP contribution >= 0.6 is 34.3 Å². The van der Waals surface area contributed by atoms with Crippen molar-refractivity contribution in [1.29, 1.82) is 0 Å². The van der Waals surface area contributed by atoms with Crippen molar-refractivity contribution in [2.75, 3.05) is 13.2 Å². The Kier molecular flexibility index (Phi) is 6.82. The number of thiophene rings is 1. The van der Waals surface area contributed by atoms with Gasteiger partial charge in [-0.05, 0) is 48.6 Å². The van der Waals surface area contributed by atoms with E-state index in [2.05, 4.69) is 4.98 Å². The molecule has 1 aromatic carbocycles. The van der Waals surface area contributed by atoms with Crippen LogP contribution in [0.1, 0.15) is 33.2 Å². The fraction of sp³-hybridized carbons (Fsp3) is 0.333. The van der Waals surface area contributed by atoms with Gasteiger partial charge in [-0.3, -0.25) is 4.79 Å². The average Bonchev–Trinajstić information content (AvgIpc) is 3.49. The zero-order valence-electron chi connectivity index (χ0n) is 15.8. The number of benzene rings is 1. The molecule has 1 fully saturated rings. The van der Waals surface area contributed by atoms with Gasteiger partial charge in [0, 0.05) is 28.4 Å². The van der Waals surface area contributed by atoms with Crippen molar-refractivity contribution < 1.29 is 14.3 Å². The molecule has 1 atom stereocenters. The summed E-state index contributed by atoms with van der Waals surface area (Å²) in [6.07, 6.45) is 2.14. The summed E-state index contributed by atoms with van der Waals surface area (Å²) in [5, 5.41) is 5.26. The van der Waals surface area contributed by atoms with Crippen LogP contribution in [0.15, 0.2) is 47.2 Å². The van der Waals surface area contributed by atoms with E-state index >= 15 is 0 Å². The molecular weight excluding hydrogens is 428 g/mol. The van der Waals surface area contributed by atoms with Crippen molar-refractivity contribution in [3.63, 3.8) is 0 Å². The number of carbonyl (C=O) groups excluding carboxylic acids is 1. The lowest BCUT2D eigenvalue weighted by molar-refractivity contribution is 0.0505. The van der Waals surface area contributed by atoms with Gasteiger partial charge in [0.05, 0.1) is 12.6 Å². The van der Waals surface area contributed by atoms with Gasteiger partial charge in [-0.15, -0.1) is 22.7 Å². The topological polar surface area (TPSA) is 51.7 Å². The Morgan fingerprint density at radius 1 is 1.28 bits per heavy atom. The zero-order valence-corrected chi connectivity index (χ0v) is 18.1. The molecule has 4 rings (SSSR count). The Balaban J connectivity index is 1.41. The highest BCUT2D eigenvalue weighted by molar-refractivity contribution is 7.10. The van der Waals surface area contributed by atoms with Gasteiger partial charge in [0.1, 0.15) is 23.1 Å². The van der Waals surface area contributed by atoms with E-state index in [-0.39, 0.29) is 12.0 Å². The molecule has 3 aromatic rings. The molecule has 152 valence electrons. The fourth-order valence-electron chi connectivity index (χ4n) is 3.16. The maximum Gasteiger partial charge on any atom is 0.273 e. The molecule has 1 saturated heterocycles. The molecule has 1 aliphatic rings. The van der Waals surface area contributed by atoms with Crippen molar-refractivity contribution in [3.05, 3.63) is 67.8 Å². The van der Waals surface area contributed by atoms with Crippen molar-refractivity contribution in [2.45, 2.75) is 32.1 Å². The first-order valence-electron chi connectivity index (χ1n) is 9.43. The number of amides is 1. The summed E-state index contributed by atoms with van der Waals surface area (Å²) < 4.78 is 11.5. The molecule has 8 heteroatoms. The number of hydrogen-bond acceptors (Lipinski definition) is 6. The van der Waals surface area contributed by atoms with E-state index in [0.29, 0.717) is 30.4 Å². The Labute approximate surface area is 182 Å². The number of nitrogens with zero attached hydrogens (tertiary/aromatic N) is 2. The lowest BCUT2D eigenvalue weighted by atomic mass is 10.2. The van der Waals surface area contributed by atoms with Crippen LogP contribution in [0, 0.1) is 0 Å². The van der Waals surface area contributed by atoms with Gasteiger partial charge < -0.3 is 14.4 Å². The second-order valence-corrected chi connectivity index (χ2v) is 9.18.